The minimum Gasteiger partial charge on any atom is -0.388 e. The Balaban J connectivity index is 1.86. The van der Waals surface area contributed by atoms with Crippen molar-refractivity contribution in [1.29, 1.82) is 5.41 Å². The summed E-state index contributed by atoms with van der Waals surface area (Å²) in [6, 6.07) is 15.6. The fraction of sp³-hybridized carbons (Fsp3) is 0.353. The van der Waals surface area contributed by atoms with E-state index < -0.39 is 0 Å². The Morgan fingerprint density at radius 3 is 2.57 bits per heavy atom. The quantitative estimate of drug-likeness (QED) is 0.604. The smallest absolute Gasteiger partial charge is 0.0924 e. The van der Waals surface area contributed by atoms with Crippen LogP contribution < -0.4 is 5.73 Å². The third-order valence-electron chi connectivity index (χ3n) is 3.93. The van der Waals surface area contributed by atoms with Crippen LogP contribution in [0.5, 0.6) is 0 Å². The van der Waals surface area contributed by atoms with Crippen LogP contribution in [0, 0.1) is 5.41 Å². The summed E-state index contributed by atoms with van der Waals surface area (Å²) in [5.74, 6) is 0.265. The largest absolute Gasteiger partial charge is 0.388 e. The van der Waals surface area contributed by atoms with E-state index in [1.807, 2.05) is 6.07 Å². The summed E-state index contributed by atoms with van der Waals surface area (Å²) >= 11 is 1.80. The Hall–Kier alpha value is -1.65. The Morgan fingerprint density at radius 2 is 2.00 bits per heavy atom. The van der Waals surface area contributed by atoms with E-state index in [2.05, 4.69) is 46.7 Å². The first-order valence-electron chi connectivity index (χ1n) is 7.40. The molecular formula is C17H21N3S. The summed E-state index contributed by atoms with van der Waals surface area (Å²) in [7, 11) is 0. The molecule has 0 amide bonds. The van der Waals surface area contributed by atoms with Crippen LogP contribution in [0.4, 0.5) is 0 Å². The topological polar surface area (TPSA) is 53.1 Å². The molecule has 110 valence electrons. The van der Waals surface area contributed by atoms with E-state index >= 15 is 0 Å². The molecule has 1 saturated carbocycles. The van der Waals surface area contributed by atoms with Gasteiger partial charge in [-0.15, -0.1) is 11.3 Å². The average molecular weight is 299 g/mol. The Kier molecular flexibility index (Phi) is 4.36. The molecule has 1 atom stereocenters. The Labute approximate surface area is 129 Å². The fourth-order valence-corrected chi connectivity index (χ4v) is 3.51. The second-order valence-electron chi connectivity index (χ2n) is 5.64. The van der Waals surface area contributed by atoms with Crippen LogP contribution in [0.2, 0.25) is 0 Å². The summed E-state index contributed by atoms with van der Waals surface area (Å²) in [6.07, 6.45) is 3.12. The van der Waals surface area contributed by atoms with Crippen molar-refractivity contribution in [3.63, 3.8) is 0 Å². The summed E-state index contributed by atoms with van der Waals surface area (Å²) in [6.45, 7) is 0.954. The van der Waals surface area contributed by atoms with Crippen LogP contribution in [0.15, 0.2) is 47.8 Å². The van der Waals surface area contributed by atoms with E-state index in [1.165, 1.54) is 23.3 Å². The normalized spacial score (nSPS) is 16.0. The van der Waals surface area contributed by atoms with E-state index in [0.717, 1.165) is 6.54 Å². The molecule has 0 spiro atoms. The van der Waals surface area contributed by atoms with Gasteiger partial charge in [0.1, 0.15) is 0 Å². The molecule has 1 heterocycles. The molecule has 1 unspecified atom stereocenters. The lowest BCUT2D eigenvalue weighted by atomic mass is 10.0. The van der Waals surface area contributed by atoms with Gasteiger partial charge in [-0.25, -0.2) is 0 Å². The number of amidine groups is 1. The SMILES string of the molecule is N=C(N)CC(c1ccccc1)N(Cc1cccs1)C1CC1. The van der Waals surface area contributed by atoms with Crippen LogP contribution in [0.3, 0.4) is 0 Å². The Bertz CT molecular complexity index is 575. The van der Waals surface area contributed by atoms with Gasteiger partial charge in [0.15, 0.2) is 0 Å². The highest BCUT2D eigenvalue weighted by molar-refractivity contribution is 7.09. The van der Waals surface area contributed by atoms with Gasteiger partial charge in [0.25, 0.3) is 0 Å². The van der Waals surface area contributed by atoms with E-state index in [1.54, 1.807) is 11.3 Å². The molecule has 21 heavy (non-hydrogen) atoms. The number of hydrogen-bond acceptors (Lipinski definition) is 3. The van der Waals surface area contributed by atoms with Crippen LogP contribution in [0.1, 0.15) is 35.7 Å². The van der Waals surface area contributed by atoms with Gasteiger partial charge >= 0.3 is 0 Å². The minimum atomic E-state index is 0.207. The van der Waals surface area contributed by atoms with Gasteiger partial charge in [0.2, 0.25) is 0 Å². The Morgan fingerprint density at radius 1 is 1.24 bits per heavy atom. The lowest BCUT2D eigenvalue weighted by molar-refractivity contribution is 0.183. The molecule has 1 aromatic carbocycles. The number of rotatable bonds is 7. The number of thiophene rings is 1. The molecule has 1 aromatic heterocycles. The van der Waals surface area contributed by atoms with Crippen LogP contribution in [-0.2, 0) is 6.54 Å². The molecule has 3 N–H and O–H groups in total. The van der Waals surface area contributed by atoms with Gasteiger partial charge in [-0.3, -0.25) is 10.3 Å². The number of nitrogens with one attached hydrogen (secondary N) is 1. The van der Waals surface area contributed by atoms with Crippen molar-refractivity contribution < 1.29 is 0 Å². The summed E-state index contributed by atoms with van der Waals surface area (Å²) < 4.78 is 0. The molecule has 4 heteroatoms. The standard InChI is InChI=1S/C17H21N3S/c18-17(19)11-16(13-5-2-1-3-6-13)20(14-8-9-14)12-15-7-4-10-21-15/h1-7,10,14,16H,8-9,11-12H2,(H3,18,19). The minimum absolute atomic E-state index is 0.207. The molecule has 0 bridgehead atoms. The summed E-state index contributed by atoms with van der Waals surface area (Å²) in [4.78, 5) is 3.91. The van der Waals surface area contributed by atoms with Crippen molar-refractivity contribution >= 4 is 17.2 Å². The van der Waals surface area contributed by atoms with Gasteiger partial charge in [-0.1, -0.05) is 36.4 Å². The third-order valence-corrected chi connectivity index (χ3v) is 4.79. The predicted octanol–water partition coefficient (Wildman–Crippen LogP) is 3.78. The van der Waals surface area contributed by atoms with Crippen molar-refractivity contribution in [2.45, 2.75) is 37.9 Å². The van der Waals surface area contributed by atoms with Crippen molar-refractivity contribution in [3.8, 4) is 0 Å². The summed E-state index contributed by atoms with van der Waals surface area (Å²) in [5, 5.41) is 9.86. The molecule has 3 rings (SSSR count). The van der Waals surface area contributed by atoms with Crippen LogP contribution >= 0.6 is 11.3 Å². The third kappa shape index (κ3) is 3.71. The zero-order valence-corrected chi connectivity index (χ0v) is 12.9. The summed E-state index contributed by atoms with van der Waals surface area (Å²) in [5.41, 5.74) is 6.98. The van der Waals surface area contributed by atoms with Crippen LogP contribution in [-0.4, -0.2) is 16.8 Å². The molecule has 0 radical (unpaired) electrons. The molecule has 1 fully saturated rings. The van der Waals surface area contributed by atoms with Crippen molar-refractivity contribution in [2.75, 3.05) is 0 Å². The highest BCUT2D eigenvalue weighted by Gasteiger charge is 2.35. The molecule has 1 aliphatic carbocycles. The second kappa shape index (κ2) is 6.41. The monoisotopic (exact) mass is 299 g/mol. The van der Waals surface area contributed by atoms with Crippen LogP contribution in [0.25, 0.3) is 0 Å². The lowest BCUT2D eigenvalue weighted by Gasteiger charge is -2.31. The van der Waals surface area contributed by atoms with Gasteiger partial charge in [-0.2, -0.15) is 0 Å². The molecule has 3 nitrogen and oxygen atoms in total. The molecule has 1 aliphatic rings. The van der Waals surface area contributed by atoms with Gasteiger partial charge < -0.3 is 5.73 Å². The van der Waals surface area contributed by atoms with E-state index in [0.29, 0.717) is 12.5 Å². The van der Waals surface area contributed by atoms with E-state index in [-0.39, 0.29) is 11.9 Å². The fourth-order valence-electron chi connectivity index (χ4n) is 2.79. The second-order valence-corrected chi connectivity index (χ2v) is 6.67. The molecule has 0 aliphatic heterocycles. The predicted molar refractivity (Wildman–Crippen MR) is 88.6 cm³/mol. The van der Waals surface area contributed by atoms with Gasteiger partial charge in [0, 0.05) is 29.9 Å². The van der Waals surface area contributed by atoms with Gasteiger partial charge in [-0.05, 0) is 29.9 Å². The first kappa shape index (κ1) is 14.3. The van der Waals surface area contributed by atoms with E-state index in [4.69, 9.17) is 11.1 Å². The lowest BCUT2D eigenvalue weighted by Crippen LogP contribution is -2.33. The number of benzene rings is 1. The van der Waals surface area contributed by atoms with Crippen molar-refractivity contribution in [3.05, 3.63) is 58.3 Å². The highest BCUT2D eigenvalue weighted by Crippen LogP contribution is 2.37. The number of nitrogens with two attached hydrogens (primary N) is 1. The molecular weight excluding hydrogens is 278 g/mol. The molecule has 0 saturated heterocycles. The molecule has 2 aromatic rings. The maximum Gasteiger partial charge on any atom is 0.0924 e. The number of hydrogen-bond donors (Lipinski definition) is 2. The first-order valence-corrected chi connectivity index (χ1v) is 8.28. The van der Waals surface area contributed by atoms with Crippen molar-refractivity contribution in [2.24, 2.45) is 5.73 Å². The zero-order chi connectivity index (χ0) is 14.7. The maximum absolute atomic E-state index is 7.73. The highest BCUT2D eigenvalue weighted by atomic mass is 32.1. The zero-order valence-electron chi connectivity index (χ0n) is 12.0. The first-order chi connectivity index (χ1) is 10.2. The van der Waals surface area contributed by atoms with Gasteiger partial charge in [0.05, 0.1) is 5.84 Å². The number of nitrogens with zero attached hydrogens (tertiary/aromatic N) is 1. The van der Waals surface area contributed by atoms with Crippen molar-refractivity contribution in [1.82, 2.24) is 4.90 Å². The maximum atomic E-state index is 7.73. The van der Waals surface area contributed by atoms with E-state index in [9.17, 15) is 0 Å². The average Bonchev–Trinajstić information content (AvgIpc) is 3.20.